The standard InChI is InChI=1S/C20H18F3N3O6/c1-2-32-16(27)9-13(10-3-5-12(6-4-10)26(30)31)18(19(24)28)25-20(29)17-14(22)7-11(21)8-15(17)23/h3-8,13,18H,2,9H2,1H3,(H2,24,28)(H,25,29)/t13-,18-/m1/s1. The topological polar surface area (TPSA) is 142 Å². The fourth-order valence-corrected chi connectivity index (χ4v) is 3.01. The number of carbonyl (C=O) groups excluding carboxylic acids is 3. The molecule has 0 saturated carbocycles. The first-order valence-electron chi connectivity index (χ1n) is 9.19. The maximum absolute atomic E-state index is 14.0. The number of non-ortho nitro benzene ring substituents is 1. The molecule has 0 spiro atoms. The third kappa shape index (κ3) is 5.80. The summed E-state index contributed by atoms with van der Waals surface area (Å²) in [6.07, 6.45) is -0.492. The molecule has 0 unspecified atom stereocenters. The summed E-state index contributed by atoms with van der Waals surface area (Å²) in [4.78, 5) is 46.9. The average Bonchev–Trinajstić information content (AvgIpc) is 2.70. The van der Waals surface area contributed by atoms with Crippen molar-refractivity contribution in [3.05, 3.63) is 75.1 Å². The van der Waals surface area contributed by atoms with Gasteiger partial charge in [0.2, 0.25) is 5.91 Å². The summed E-state index contributed by atoms with van der Waals surface area (Å²) in [6, 6.07) is 3.58. The Hall–Kier alpha value is -3.96. The van der Waals surface area contributed by atoms with E-state index < -0.39 is 64.1 Å². The number of primary amides is 1. The fourth-order valence-electron chi connectivity index (χ4n) is 3.01. The number of nitro groups is 1. The summed E-state index contributed by atoms with van der Waals surface area (Å²) in [7, 11) is 0. The molecule has 0 aliphatic carbocycles. The van der Waals surface area contributed by atoms with E-state index in [4.69, 9.17) is 10.5 Å². The van der Waals surface area contributed by atoms with Crippen LogP contribution in [0.25, 0.3) is 0 Å². The van der Waals surface area contributed by atoms with Crippen molar-refractivity contribution in [3.8, 4) is 0 Å². The summed E-state index contributed by atoms with van der Waals surface area (Å²) >= 11 is 0. The molecule has 0 radical (unpaired) electrons. The van der Waals surface area contributed by atoms with Crippen LogP contribution in [0, 0.1) is 27.6 Å². The summed E-state index contributed by atoms with van der Waals surface area (Å²) < 4.78 is 45.9. The van der Waals surface area contributed by atoms with E-state index in [1.807, 2.05) is 0 Å². The second kappa shape index (κ2) is 10.4. The van der Waals surface area contributed by atoms with E-state index >= 15 is 0 Å². The largest absolute Gasteiger partial charge is 0.466 e. The van der Waals surface area contributed by atoms with Crippen LogP contribution in [0.5, 0.6) is 0 Å². The molecule has 2 aromatic carbocycles. The van der Waals surface area contributed by atoms with Crippen LogP contribution in [-0.2, 0) is 14.3 Å². The first-order chi connectivity index (χ1) is 15.0. The lowest BCUT2D eigenvalue weighted by atomic mass is 9.87. The molecule has 170 valence electrons. The minimum Gasteiger partial charge on any atom is -0.466 e. The van der Waals surface area contributed by atoms with Crippen LogP contribution in [0.1, 0.15) is 35.2 Å². The van der Waals surface area contributed by atoms with Crippen molar-refractivity contribution < 1.29 is 37.2 Å². The van der Waals surface area contributed by atoms with Crippen molar-refractivity contribution >= 4 is 23.5 Å². The van der Waals surface area contributed by atoms with Gasteiger partial charge in [-0.15, -0.1) is 0 Å². The Morgan fingerprint density at radius 3 is 2.16 bits per heavy atom. The van der Waals surface area contributed by atoms with Gasteiger partial charge >= 0.3 is 5.97 Å². The molecule has 12 heteroatoms. The predicted molar refractivity (Wildman–Crippen MR) is 104 cm³/mol. The number of esters is 1. The van der Waals surface area contributed by atoms with Crippen LogP contribution in [0.3, 0.4) is 0 Å². The van der Waals surface area contributed by atoms with Crippen LogP contribution in [0.15, 0.2) is 36.4 Å². The second-order valence-electron chi connectivity index (χ2n) is 6.56. The molecule has 0 aliphatic heterocycles. The Bertz CT molecular complexity index is 1020. The summed E-state index contributed by atoms with van der Waals surface area (Å²) in [5.74, 6) is -8.83. The van der Waals surface area contributed by atoms with Crippen LogP contribution in [-0.4, -0.2) is 35.4 Å². The molecule has 3 N–H and O–H groups in total. The third-order valence-electron chi connectivity index (χ3n) is 4.45. The highest BCUT2D eigenvalue weighted by atomic mass is 19.1. The first kappa shape index (κ1) is 24.3. The molecule has 0 saturated heterocycles. The fraction of sp³-hybridized carbons (Fsp3) is 0.250. The molecular weight excluding hydrogens is 435 g/mol. The number of hydrogen-bond donors (Lipinski definition) is 2. The predicted octanol–water partition coefficient (Wildman–Crippen LogP) is 2.33. The van der Waals surface area contributed by atoms with Crippen molar-refractivity contribution in [3.63, 3.8) is 0 Å². The smallest absolute Gasteiger partial charge is 0.306 e. The molecule has 9 nitrogen and oxygen atoms in total. The molecule has 0 bridgehead atoms. The Kier molecular flexibility index (Phi) is 7.88. The SMILES string of the molecule is CCOC(=O)C[C@H](c1ccc([N+](=O)[O-])cc1)[C@@H](NC(=O)c1c(F)cc(F)cc1F)C(N)=O. The van der Waals surface area contributed by atoms with E-state index in [0.29, 0.717) is 0 Å². The Morgan fingerprint density at radius 1 is 1.12 bits per heavy atom. The normalized spacial score (nSPS) is 12.5. The molecule has 0 aromatic heterocycles. The summed E-state index contributed by atoms with van der Waals surface area (Å²) in [6.45, 7) is 1.54. The number of amides is 2. The maximum atomic E-state index is 14.0. The number of ether oxygens (including phenoxy) is 1. The molecule has 2 amide bonds. The zero-order valence-corrected chi connectivity index (χ0v) is 16.6. The van der Waals surface area contributed by atoms with Crippen molar-refractivity contribution in [2.75, 3.05) is 6.61 Å². The highest BCUT2D eigenvalue weighted by molar-refractivity contribution is 5.98. The van der Waals surface area contributed by atoms with Gasteiger partial charge < -0.3 is 15.8 Å². The van der Waals surface area contributed by atoms with Gasteiger partial charge in [-0.25, -0.2) is 13.2 Å². The lowest BCUT2D eigenvalue weighted by Gasteiger charge is -2.25. The van der Waals surface area contributed by atoms with Gasteiger partial charge in [-0.05, 0) is 12.5 Å². The lowest BCUT2D eigenvalue weighted by Crippen LogP contribution is -2.49. The molecule has 0 fully saturated rings. The van der Waals surface area contributed by atoms with Crippen LogP contribution < -0.4 is 11.1 Å². The maximum Gasteiger partial charge on any atom is 0.306 e. The van der Waals surface area contributed by atoms with Gasteiger partial charge in [0.1, 0.15) is 29.1 Å². The minimum atomic E-state index is -1.67. The monoisotopic (exact) mass is 453 g/mol. The Morgan fingerprint density at radius 2 is 1.69 bits per heavy atom. The van der Waals surface area contributed by atoms with E-state index in [-0.39, 0.29) is 30.0 Å². The van der Waals surface area contributed by atoms with E-state index in [0.717, 1.165) is 12.1 Å². The average molecular weight is 453 g/mol. The van der Waals surface area contributed by atoms with Gasteiger partial charge in [0.05, 0.1) is 18.0 Å². The number of carbonyl (C=O) groups is 3. The van der Waals surface area contributed by atoms with Crippen LogP contribution >= 0.6 is 0 Å². The number of halogens is 3. The van der Waals surface area contributed by atoms with Crippen LogP contribution in [0.4, 0.5) is 18.9 Å². The van der Waals surface area contributed by atoms with E-state index in [1.165, 1.54) is 19.1 Å². The summed E-state index contributed by atoms with van der Waals surface area (Å²) in [5.41, 5.74) is 4.12. The molecule has 2 rings (SSSR count). The quantitative estimate of drug-likeness (QED) is 0.339. The minimum absolute atomic E-state index is 0.00537. The van der Waals surface area contributed by atoms with Crippen molar-refractivity contribution in [1.29, 1.82) is 0 Å². The van der Waals surface area contributed by atoms with E-state index in [9.17, 15) is 37.7 Å². The van der Waals surface area contributed by atoms with Gasteiger partial charge in [-0.3, -0.25) is 24.5 Å². The van der Waals surface area contributed by atoms with E-state index in [1.54, 1.807) is 0 Å². The molecule has 2 atom stereocenters. The number of nitrogens with zero attached hydrogens (tertiary/aromatic N) is 1. The third-order valence-corrected chi connectivity index (χ3v) is 4.45. The highest BCUT2D eigenvalue weighted by Gasteiger charge is 2.34. The van der Waals surface area contributed by atoms with Crippen molar-refractivity contribution in [1.82, 2.24) is 5.32 Å². The first-order valence-corrected chi connectivity index (χ1v) is 9.19. The Labute approximate surface area is 179 Å². The highest BCUT2D eigenvalue weighted by Crippen LogP contribution is 2.27. The molecule has 0 aliphatic rings. The number of nitrogens with two attached hydrogens (primary N) is 1. The number of rotatable bonds is 9. The number of benzene rings is 2. The second-order valence-corrected chi connectivity index (χ2v) is 6.56. The van der Waals surface area contributed by atoms with Crippen LogP contribution in [0.2, 0.25) is 0 Å². The number of nitro benzene ring substituents is 1. The van der Waals surface area contributed by atoms with Gasteiger partial charge in [-0.1, -0.05) is 12.1 Å². The zero-order chi connectivity index (χ0) is 24.0. The number of hydrogen-bond acceptors (Lipinski definition) is 6. The summed E-state index contributed by atoms with van der Waals surface area (Å²) in [5, 5.41) is 12.9. The van der Waals surface area contributed by atoms with Gasteiger partial charge in [0, 0.05) is 30.2 Å². The van der Waals surface area contributed by atoms with Gasteiger partial charge in [-0.2, -0.15) is 0 Å². The lowest BCUT2D eigenvalue weighted by molar-refractivity contribution is -0.384. The van der Waals surface area contributed by atoms with Crippen molar-refractivity contribution in [2.45, 2.75) is 25.3 Å². The van der Waals surface area contributed by atoms with Gasteiger partial charge in [0.15, 0.2) is 0 Å². The van der Waals surface area contributed by atoms with Crippen molar-refractivity contribution in [2.24, 2.45) is 5.73 Å². The Balaban J connectivity index is 2.44. The molecule has 32 heavy (non-hydrogen) atoms. The molecule has 2 aromatic rings. The molecular formula is C20H18F3N3O6. The number of nitrogens with one attached hydrogen (secondary N) is 1. The zero-order valence-electron chi connectivity index (χ0n) is 16.6. The van der Waals surface area contributed by atoms with Gasteiger partial charge in [0.25, 0.3) is 11.6 Å². The van der Waals surface area contributed by atoms with E-state index in [2.05, 4.69) is 5.32 Å². The molecule has 0 heterocycles.